The van der Waals surface area contributed by atoms with Gasteiger partial charge in [0, 0.05) is 24.1 Å². The second-order valence-corrected chi connectivity index (χ2v) is 5.23. The Morgan fingerprint density at radius 1 is 1.15 bits per heavy atom. The van der Waals surface area contributed by atoms with Crippen LogP contribution in [0.1, 0.15) is 30.4 Å². The molecule has 4 heteroatoms. The highest BCUT2D eigenvalue weighted by atomic mass is 15.1. The Morgan fingerprint density at radius 2 is 1.90 bits per heavy atom. The number of benzene rings is 1. The summed E-state index contributed by atoms with van der Waals surface area (Å²) in [4.78, 5) is 8.64. The van der Waals surface area contributed by atoms with Crippen molar-refractivity contribution in [3.05, 3.63) is 47.8 Å². The van der Waals surface area contributed by atoms with E-state index in [0.29, 0.717) is 12.0 Å². The zero-order valence-electron chi connectivity index (χ0n) is 11.9. The van der Waals surface area contributed by atoms with Gasteiger partial charge < -0.3 is 10.6 Å². The number of aromatic nitrogens is 2. The minimum Gasteiger partial charge on any atom is -0.370 e. The van der Waals surface area contributed by atoms with E-state index in [-0.39, 0.29) is 0 Å². The van der Waals surface area contributed by atoms with E-state index in [1.165, 1.54) is 12.0 Å². The second kappa shape index (κ2) is 5.49. The Kier molecular flexibility index (Phi) is 3.54. The van der Waals surface area contributed by atoms with Crippen molar-refractivity contribution < 1.29 is 0 Å². The maximum atomic E-state index is 4.37. The predicted molar refractivity (Wildman–Crippen MR) is 82.1 cm³/mol. The summed E-state index contributed by atoms with van der Waals surface area (Å²) >= 11 is 0. The summed E-state index contributed by atoms with van der Waals surface area (Å²) in [6.45, 7) is 4.99. The molecule has 1 fully saturated rings. The molecule has 1 heterocycles. The van der Waals surface area contributed by atoms with Gasteiger partial charge >= 0.3 is 0 Å². The highest BCUT2D eigenvalue weighted by Crippen LogP contribution is 2.42. The van der Waals surface area contributed by atoms with E-state index < -0.39 is 0 Å². The Morgan fingerprint density at radius 3 is 2.65 bits per heavy atom. The van der Waals surface area contributed by atoms with Gasteiger partial charge in [-0.05, 0) is 25.8 Å². The quantitative estimate of drug-likeness (QED) is 0.874. The van der Waals surface area contributed by atoms with Gasteiger partial charge in [-0.15, -0.1) is 0 Å². The lowest BCUT2D eigenvalue weighted by atomic mass is 10.1. The fraction of sp³-hybridized carbons (Fsp3) is 0.375. The zero-order valence-corrected chi connectivity index (χ0v) is 11.9. The van der Waals surface area contributed by atoms with Crippen molar-refractivity contribution in [3.63, 3.8) is 0 Å². The monoisotopic (exact) mass is 268 g/mol. The molecule has 2 N–H and O–H groups in total. The molecule has 4 nitrogen and oxygen atoms in total. The van der Waals surface area contributed by atoms with Gasteiger partial charge in [0.2, 0.25) is 0 Å². The van der Waals surface area contributed by atoms with E-state index in [2.05, 4.69) is 64.8 Å². The number of nitrogens with zero attached hydrogens (tertiary/aromatic N) is 2. The molecule has 2 unspecified atom stereocenters. The molecule has 104 valence electrons. The number of hydrogen-bond donors (Lipinski definition) is 2. The Hall–Kier alpha value is -2.10. The van der Waals surface area contributed by atoms with Crippen molar-refractivity contribution in [2.45, 2.75) is 32.2 Å². The van der Waals surface area contributed by atoms with Crippen LogP contribution < -0.4 is 10.6 Å². The summed E-state index contributed by atoms with van der Waals surface area (Å²) in [5, 5.41) is 6.80. The van der Waals surface area contributed by atoms with Crippen LogP contribution in [-0.4, -0.2) is 22.6 Å². The minimum atomic E-state index is 0.487. The van der Waals surface area contributed by atoms with Crippen molar-refractivity contribution in [3.8, 4) is 0 Å². The Balaban J connectivity index is 1.70. The number of anilines is 2. The van der Waals surface area contributed by atoms with Crippen LogP contribution in [0.25, 0.3) is 0 Å². The van der Waals surface area contributed by atoms with E-state index in [4.69, 9.17) is 0 Å². The molecule has 0 bridgehead atoms. The van der Waals surface area contributed by atoms with Gasteiger partial charge in [0.1, 0.15) is 18.0 Å². The van der Waals surface area contributed by atoms with Crippen LogP contribution in [0.4, 0.5) is 11.6 Å². The molecule has 20 heavy (non-hydrogen) atoms. The first kappa shape index (κ1) is 12.9. The molecule has 1 aromatic heterocycles. The molecule has 0 radical (unpaired) electrons. The summed E-state index contributed by atoms with van der Waals surface area (Å²) in [6, 6.07) is 11.1. The Labute approximate surface area is 119 Å². The highest BCUT2D eigenvalue weighted by molar-refractivity contribution is 5.57. The third-order valence-electron chi connectivity index (χ3n) is 3.77. The van der Waals surface area contributed by atoms with E-state index >= 15 is 0 Å². The zero-order chi connectivity index (χ0) is 13.9. The SMILES string of the molecule is CCNc1ncnc(NC2CC2c2ccccc2)c1C. The van der Waals surface area contributed by atoms with Gasteiger partial charge in [0.25, 0.3) is 0 Å². The van der Waals surface area contributed by atoms with Crippen molar-refractivity contribution in [1.82, 2.24) is 9.97 Å². The topological polar surface area (TPSA) is 49.8 Å². The molecule has 2 atom stereocenters. The lowest BCUT2D eigenvalue weighted by molar-refractivity contribution is 1.01. The maximum absolute atomic E-state index is 4.37. The lowest BCUT2D eigenvalue weighted by Gasteiger charge is -2.11. The third kappa shape index (κ3) is 2.59. The summed E-state index contributed by atoms with van der Waals surface area (Å²) in [6.07, 6.45) is 2.79. The number of nitrogens with one attached hydrogen (secondary N) is 2. The smallest absolute Gasteiger partial charge is 0.134 e. The van der Waals surface area contributed by atoms with Crippen LogP contribution in [0, 0.1) is 6.92 Å². The Bertz CT molecular complexity index is 582. The largest absolute Gasteiger partial charge is 0.370 e. The van der Waals surface area contributed by atoms with Crippen LogP contribution in [0.15, 0.2) is 36.7 Å². The molecule has 0 amide bonds. The molecular weight excluding hydrogens is 248 g/mol. The summed E-state index contributed by atoms with van der Waals surface area (Å²) in [7, 11) is 0. The lowest BCUT2D eigenvalue weighted by Crippen LogP contribution is -2.10. The molecule has 1 aliphatic carbocycles. The van der Waals surface area contributed by atoms with Gasteiger partial charge in [-0.2, -0.15) is 0 Å². The first-order valence-corrected chi connectivity index (χ1v) is 7.16. The fourth-order valence-electron chi connectivity index (χ4n) is 2.54. The minimum absolute atomic E-state index is 0.487. The summed E-state index contributed by atoms with van der Waals surface area (Å²) in [5.74, 6) is 2.47. The molecule has 1 aliphatic rings. The first-order chi connectivity index (χ1) is 9.79. The number of rotatable bonds is 5. The van der Waals surface area contributed by atoms with Crippen LogP contribution in [0.5, 0.6) is 0 Å². The van der Waals surface area contributed by atoms with Crippen LogP contribution in [0.2, 0.25) is 0 Å². The van der Waals surface area contributed by atoms with E-state index in [1.807, 2.05) is 0 Å². The van der Waals surface area contributed by atoms with Crippen molar-refractivity contribution in [1.29, 1.82) is 0 Å². The van der Waals surface area contributed by atoms with Crippen LogP contribution in [0.3, 0.4) is 0 Å². The van der Waals surface area contributed by atoms with E-state index in [1.54, 1.807) is 6.33 Å². The van der Waals surface area contributed by atoms with Crippen molar-refractivity contribution in [2.75, 3.05) is 17.2 Å². The van der Waals surface area contributed by atoms with E-state index in [9.17, 15) is 0 Å². The molecule has 0 spiro atoms. The van der Waals surface area contributed by atoms with Gasteiger partial charge in [-0.25, -0.2) is 9.97 Å². The third-order valence-corrected chi connectivity index (χ3v) is 3.77. The fourth-order valence-corrected chi connectivity index (χ4v) is 2.54. The number of hydrogen-bond acceptors (Lipinski definition) is 4. The van der Waals surface area contributed by atoms with Crippen LogP contribution >= 0.6 is 0 Å². The average molecular weight is 268 g/mol. The molecular formula is C16H20N4. The second-order valence-electron chi connectivity index (χ2n) is 5.23. The molecule has 0 saturated heterocycles. The van der Waals surface area contributed by atoms with Gasteiger partial charge in [-0.1, -0.05) is 30.3 Å². The maximum Gasteiger partial charge on any atom is 0.134 e. The van der Waals surface area contributed by atoms with Gasteiger partial charge in [0.05, 0.1) is 0 Å². The predicted octanol–water partition coefficient (Wildman–Crippen LogP) is 3.18. The van der Waals surface area contributed by atoms with Gasteiger partial charge in [-0.3, -0.25) is 0 Å². The molecule has 1 aromatic carbocycles. The summed E-state index contributed by atoms with van der Waals surface area (Å²) < 4.78 is 0. The highest BCUT2D eigenvalue weighted by Gasteiger charge is 2.38. The molecule has 2 aromatic rings. The average Bonchev–Trinajstić information content (AvgIpc) is 3.24. The van der Waals surface area contributed by atoms with Crippen LogP contribution in [-0.2, 0) is 0 Å². The summed E-state index contributed by atoms with van der Waals surface area (Å²) in [5.41, 5.74) is 2.50. The van der Waals surface area contributed by atoms with Gasteiger partial charge in [0.15, 0.2) is 0 Å². The molecule has 1 saturated carbocycles. The van der Waals surface area contributed by atoms with Crippen molar-refractivity contribution >= 4 is 11.6 Å². The van der Waals surface area contributed by atoms with E-state index in [0.717, 1.165) is 23.7 Å². The molecule has 0 aliphatic heterocycles. The standard InChI is InChI=1S/C16H20N4/c1-3-17-15-11(2)16(19-10-18-15)20-14-9-13(14)12-7-5-4-6-8-12/h4-8,10,13-14H,3,9H2,1-2H3,(H2,17,18,19,20). The van der Waals surface area contributed by atoms with Crippen molar-refractivity contribution in [2.24, 2.45) is 0 Å². The normalized spacial score (nSPS) is 20.5. The first-order valence-electron chi connectivity index (χ1n) is 7.16. The molecule has 3 rings (SSSR count).